The highest BCUT2D eigenvalue weighted by molar-refractivity contribution is 5.85. The Morgan fingerprint density at radius 2 is 2.00 bits per heavy atom. The zero-order chi connectivity index (χ0) is 13.0. The Balaban J connectivity index is 0.00000180. The van der Waals surface area contributed by atoms with Gasteiger partial charge in [0.05, 0.1) is 14.2 Å². The number of methoxy groups -OCH3 is 2. The van der Waals surface area contributed by atoms with Crippen LogP contribution in [0.5, 0.6) is 11.5 Å². The molecule has 1 aromatic rings. The molecule has 0 saturated carbocycles. The molecule has 0 spiro atoms. The van der Waals surface area contributed by atoms with E-state index >= 15 is 0 Å². The summed E-state index contributed by atoms with van der Waals surface area (Å²) in [5.74, 6) is 1.56. The third-order valence-corrected chi connectivity index (χ3v) is 3.40. The summed E-state index contributed by atoms with van der Waals surface area (Å²) in [5, 5.41) is 0. The second-order valence-electron chi connectivity index (χ2n) is 4.83. The van der Waals surface area contributed by atoms with Crippen LogP contribution in [0.15, 0.2) is 18.2 Å². The molecule has 4 nitrogen and oxygen atoms in total. The van der Waals surface area contributed by atoms with Gasteiger partial charge in [0, 0.05) is 19.1 Å². The van der Waals surface area contributed by atoms with Crippen LogP contribution in [0.3, 0.4) is 0 Å². The molecule has 1 aliphatic rings. The summed E-state index contributed by atoms with van der Waals surface area (Å²) in [4.78, 5) is 2.40. The maximum atomic E-state index is 5.99. The van der Waals surface area contributed by atoms with Gasteiger partial charge in [-0.1, -0.05) is 6.07 Å². The molecular formula is C14H23ClN2O2. The third kappa shape index (κ3) is 4.27. The molecule has 1 atom stereocenters. The van der Waals surface area contributed by atoms with Crippen molar-refractivity contribution in [3.63, 3.8) is 0 Å². The number of hydrogen-bond acceptors (Lipinski definition) is 4. The summed E-state index contributed by atoms with van der Waals surface area (Å²) < 4.78 is 10.6. The fraction of sp³-hybridized carbons (Fsp3) is 0.571. The van der Waals surface area contributed by atoms with E-state index in [-0.39, 0.29) is 12.4 Å². The molecule has 0 radical (unpaired) electrons. The van der Waals surface area contributed by atoms with Gasteiger partial charge in [-0.05, 0) is 37.1 Å². The van der Waals surface area contributed by atoms with Crippen molar-refractivity contribution in [1.29, 1.82) is 0 Å². The van der Waals surface area contributed by atoms with Crippen LogP contribution in [0, 0.1) is 0 Å². The largest absolute Gasteiger partial charge is 0.493 e. The average Bonchev–Trinajstić information content (AvgIpc) is 2.38. The fourth-order valence-corrected chi connectivity index (χ4v) is 2.47. The van der Waals surface area contributed by atoms with Gasteiger partial charge in [-0.15, -0.1) is 12.4 Å². The minimum Gasteiger partial charge on any atom is -0.493 e. The molecule has 1 fully saturated rings. The molecular weight excluding hydrogens is 264 g/mol. The Morgan fingerprint density at radius 1 is 1.26 bits per heavy atom. The standard InChI is InChI=1S/C14H22N2O2.ClH/c1-17-13-6-5-11(8-14(13)18-2)9-16-7-3-4-12(15)10-16;/h5-6,8,12H,3-4,7,9-10,15H2,1-2H3;1H. The first-order valence-electron chi connectivity index (χ1n) is 6.41. The van der Waals surface area contributed by atoms with E-state index in [1.807, 2.05) is 12.1 Å². The van der Waals surface area contributed by atoms with Crippen LogP contribution >= 0.6 is 12.4 Å². The maximum Gasteiger partial charge on any atom is 0.161 e. The van der Waals surface area contributed by atoms with Crippen molar-refractivity contribution in [1.82, 2.24) is 4.90 Å². The number of hydrogen-bond donors (Lipinski definition) is 1. The topological polar surface area (TPSA) is 47.7 Å². The van der Waals surface area contributed by atoms with Gasteiger partial charge in [0.15, 0.2) is 11.5 Å². The van der Waals surface area contributed by atoms with Crippen LogP contribution in [0.2, 0.25) is 0 Å². The van der Waals surface area contributed by atoms with Crippen molar-refractivity contribution in [3.8, 4) is 11.5 Å². The summed E-state index contributed by atoms with van der Waals surface area (Å²) in [6.07, 6.45) is 2.33. The lowest BCUT2D eigenvalue weighted by Crippen LogP contribution is -2.42. The quantitative estimate of drug-likeness (QED) is 0.920. The molecule has 1 heterocycles. The number of rotatable bonds is 4. The van der Waals surface area contributed by atoms with Crippen LogP contribution < -0.4 is 15.2 Å². The van der Waals surface area contributed by atoms with E-state index in [9.17, 15) is 0 Å². The van der Waals surface area contributed by atoms with E-state index in [0.29, 0.717) is 6.04 Å². The van der Waals surface area contributed by atoms with E-state index in [1.54, 1.807) is 14.2 Å². The second kappa shape index (κ2) is 7.58. The van der Waals surface area contributed by atoms with Gasteiger partial charge >= 0.3 is 0 Å². The lowest BCUT2D eigenvalue weighted by molar-refractivity contribution is 0.201. The first kappa shape index (κ1) is 16.1. The second-order valence-corrected chi connectivity index (χ2v) is 4.83. The molecule has 2 rings (SSSR count). The minimum atomic E-state index is 0. The van der Waals surface area contributed by atoms with Gasteiger partial charge in [-0.25, -0.2) is 0 Å². The van der Waals surface area contributed by atoms with Gasteiger partial charge in [0.2, 0.25) is 0 Å². The third-order valence-electron chi connectivity index (χ3n) is 3.40. The molecule has 0 bridgehead atoms. The van der Waals surface area contributed by atoms with Gasteiger partial charge in [0.25, 0.3) is 0 Å². The summed E-state index contributed by atoms with van der Waals surface area (Å²) >= 11 is 0. The molecule has 1 aromatic carbocycles. The molecule has 0 amide bonds. The zero-order valence-electron chi connectivity index (χ0n) is 11.6. The molecule has 1 saturated heterocycles. The van der Waals surface area contributed by atoms with Crippen molar-refractivity contribution >= 4 is 12.4 Å². The fourth-order valence-electron chi connectivity index (χ4n) is 2.47. The van der Waals surface area contributed by atoms with E-state index in [0.717, 1.165) is 37.6 Å². The molecule has 108 valence electrons. The van der Waals surface area contributed by atoms with Gasteiger partial charge in [-0.3, -0.25) is 4.90 Å². The van der Waals surface area contributed by atoms with E-state index in [2.05, 4.69) is 11.0 Å². The predicted molar refractivity (Wildman–Crippen MR) is 79.3 cm³/mol. The van der Waals surface area contributed by atoms with E-state index in [1.165, 1.54) is 12.0 Å². The van der Waals surface area contributed by atoms with Crippen molar-refractivity contribution in [3.05, 3.63) is 23.8 Å². The molecule has 2 N–H and O–H groups in total. The Hall–Kier alpha value is -0.970. The van der Waals surface area contributed by atoms with Crippen molar-refractivity contribution in [2.45, 2.75) is 25.4 Å². The molecule has 1 unspecified atom stereocenters. The Labute approximate surface area is 121 Å². The zero-order valence-corrected chi connectivity index (χ0v) is 12.4. The van der Waals surface area contributed by atoms with Crippen LogP contribution in [0.1, 0.15) is 18.4 Å². The van der Waals surface area contributed by atoms with Crippen molar-refractivity contribution in [2.75, 3.05) is 27.3 Å². The SMILES string of the molecule is COc1ccc(CN2CCCC(N)C2)cc1OC.Cl. The molecule has 0 aromatic heterocycles. The van der Waals surface area contributed by atoms with Crippen LogP contribution in [0.25, 0.3) is 0 Å². The highest BCUT2D eigenvalue weighted by Crippen LogP contribution is 2.28. The highest BCUT2D eigenvalue weighted by atomic mass is 35.5. The Kier molecular flexibility index (Phi) is 6.42. The van der Waals surface area contributed by atoms with Crippen LogP contribution in [-0.2, 0) is 6.54 Å². The number of nitrogens with two attached hydrogens (primary N) is 1. The summed E-state index contributed by atoms with van der Waals surface area (Å²) in [7, 11) is 3.32. The maximum absolute atomic E-state index is 5.99. The number of nitrogens with zero attached hydrogens (tertiary/aromatic N) is 1. The van der Waals surface area contributed by atoms with Crippen molar-refractivity contribution < 1.29 is 9.47 Å². The molecule has 5 heteroatoms. The van der Waals surface area contributed by atoms with Crippen molar-refractivity contribution in [2.24, 2.45) is 5.73 Å². The Bertz CT molecular complexity index is 401. The average molecular weight is 287 g/mol. The van der Waals surface area contributed by atoms with Gasteiger partial charge in [0.1, 0.15) is 0 Å². The van der Waals surface area contributed by atoms with Gasteiger partial charge < -0.3 is 15.2 Å². The monoisotopic (exact) mass is 286 g/mol. The smallest absolute Gasteiger partial charge is 0.161 e. The van der Waals surface area contributed by atoms with Gasteiger partial charge in [-0.2, -0.15) is 0 Å². The summed E-state index contributed by atoms with van der Waals surface area (Å²) in [6.45, 7) is 3.03. The molecule has 19 heavy (non-hydrogen) atoms. The lowest BCUT2D eigenvalue weighted by Gasteiger charge is -2.30. The van der Waals surface area contributed by atoms with Crippen LogP contribution in [0.4, 0.5) is 0 Å². The summed E-state index contributed by atoms with van der Waals surface area (Å²) in [5.41, 5.74) is 7.23. The first-order valence-corrected chi connectivity index (χ1v) is 6.41. The highest BCUT2D eigenvalue weighted by Gasteiger charge is 2.17. The number of likely N-dealkylation sites (tertiary alicyclic amines) is 1. The normalized spacial score (nSPS) is 19.6. The Morgan fingerprint density at radius 3 is 2.63 bits per heavy atom. The summed E-state index contributed by atoms with van der Waals surface area (Å²) in [6, 6.07) is 6.40. The lowest BCUT2D eigenvalue weighted by atomic mass is 10.1. The first-order chi connectivity index (χ1) is 8.72. The molecule has 0 aliphatic carbocycles. The molecule has 1 aliphatic heterocycles. The van der Waals surface area contributed by atoms with E-state index < -0.39 is 0 Å². The number of halogens is 1. The minimum absolute atomic E-state index is 0. The van der Waals surface area contributed by atoms with Crippen LogP contribution in [-0.4, -0.2) is 38.3 Å². The number of ether oxygens (including phenoxy) is 2. The van der Waals surface area contributed by atoms with E-state index in [4.69, 9.17) is 15.2 Å². The number of benzene rings is 1. The predicted octanol–water partition coefficient (Wildman–Crippen LogP) is 2.05. The number of piperidine rings is 1.